The number of rotatable bonds is 7. The second-order valence-corrected chi connectivity index (χ2v) is 7.10. The first-order valence-corrected chi connectivity index (χ1v) is 9.53. The molecule has 0 unspecified atom stereocenters. The molecule has 0 aromatic heterocycles. The van der Waals surface area contributed by atoms with E-state index in [1.54, 1.807) is 20.2 Å². The molecular formula is C22H29N3O2. The van der Waals surface area contributed by atoms with E-state index in [9.17, 15) is 5.11 Å². The molecule has 0 radical (unpaired) electrons. The van der Waals surface area contributed by atoms with Gasteiger partial charge < -0.3 is 20.5 Å². The lowest BCUT2D eigenvalue weighted by Gasteiger charge is -2.43. The summed E-state index contributed by atoms with van der Waals surface area (Å²) in [5, 5.41) is 16.9. The first-order chi connectivity index (χ1) is 13.2. The number of hydrogen-bond acceptors (Lipinski definition) is 3. The molecule has 144 valence electrons. The van der Waals surface area contributed by atoms with Crippen LogP contribution in [0, 0.1) is 0 Å². The van der Waals surface area contributed by atoms with Gasteiger partial charge in [0.25, 0.3) is 0 Å². The van der Waals surface area contributed by atoms with Gasteiger partial charge in [0.15, 0.2) is 5.96 Å². The topological polar surface area (TPSA) is 65.9 Å². The number of aromatic hydroxyl groups is 1. The highest BCUT2D eigenvalue weighted by molar-refractivity contribution is 5.79. The van der Waals surface area contributed by atoms with Gasteiger partial charge in [0.05, 0.1) is 7.11 Å². The van der Waals surface area contributed by atoms with Crippen molar-refractivity contribution in [3.8, 4) is 11.5 Å². The van der Waals surface area contributed by atoms with Crippen LogP contribution < -0.4 is 15.4 Å². The molecule has 3 N–H and O–H groups in total. The summed E-state index contributed by atoms with van der Waals surface area (Å²) in [7, 11) is 3.38. The van der Waals surface area contributed by atoms with Crippen LogP contribution >= 0.6 is 0 Å². The normalized spacial score (nSPS) is 15.7. The zero-order chi connectivity index (χ0) is 19.1. The fourth-order valence-corrected chi connectivity index (χ4v) is 3.63. The highest BCUT2D eigenvalue weighted by Crippen LogP contribution is 2.43. The Morgan fingerprint density at radius 2 is 1.93 bits per heavy atom. The monoisotopic (exact) mass is 367 g/mol. The molecule has 5 heteroatoms. The first-order valence-electron chi connectivity index (χ1n) is 9.53. The lowest BCUT2D eigenvalue weighted by atomic mass is 9.64. The SMILES string of the molecule is CN=C(NCCc1ccc(OC)cc1O)NCC1(c2ccccc2)CCC1. The van der Waals surface area contributed by atoms with Crippen LogP contribution in [0.3, 0.4) is 0 Å². The molecule has 5 nitrogen and oxygen atoms in total. The summed E-state index contributed by atoms with van der Waals surface area (Å²) in [6.45, 7) is 1.57. The molecule has 0 saturated heterocycles. The van der Waals surface area contributed by atoms with Gasteiger partial charge in [-0.3, -0.25) is 4.99 Å². The summed E-state index contributed by atoms with van der Waals surface area (Å²) >= 11 is 0. The summed E-state index contributed by atoms with van der Waals surface area (Å²) in [5.41, 5.74) is 2.51. The van der Waals surface area contributed by atoms with Crippen LogP contribution in [0.1, 0.15) is 30.4 Å². The molecular weight excluding hydrogens is 338 g/mol. The Labute approximate surface area is 161 Å². The van der Waals surface area contributed by atoms with Crippen LogP contribution in [0.15, 0.2) is 53.5 Å². The van der Waals surface area contributed by atoms with E-state index in [2.05, 4.69) is 46.0 Å². The van der Waals surface area contributed by atoms with Crippen LogP contribution in [-0.2, 0) is 11.8 Å². The third-order valence-corrected chi connectivity index (χ3v) is 5.49. The average Bonchev–Trinajstić information content (AvgIpc) is 2.67. The van der Waals surface area contributed by atoms with E-state index in [1.165, 1.54) is 24.8 Å². The number of aliphatic imine (C=N–C) groups is 1. The maximum Gasteiger partial charge on any atom is 0.191 e. The summed E-state index contributed by atoms with van der Waals surface area (Å²) in [5.74, 6) is 1.72. The van der Waals surface area contributed by atoms with E-state index < -0.39 is 0 Å². The van der Waals surface area contributed by atoms with Crippen molar-refractivity contribution in [2.24, 2.45) is 4.99 Å². The molecule has 1 aliphatic rings. The van der Waals surface area contributed by atoms with E-state index in [0.29, 0.717) is 18.7 Å². The Bertz CT molecular complexity index is 770. The maximum atomic E-state index is 10.1. The second kappa shape index (κ2) is 8.80. The van der Waals surface area contributed by atoms with Gasteiger partial charge in [-0.1, -0.05) is 42.8 Å². The first kappa shape index (κ1) is 19.1. The third-order valence-electron chi connectivity index (χ3n) is 5.49. The number of nitrogens with one attached hydrogen (secondary N) is 2. The molecule has 1 fully saturated rings. The van der Waals surface area contributed by atoms with Gasteiger partial charge in [-0.05, 0) is 36.5 Å². The van der Waals surface area contributed by atoms with Gasteiger partial charge >= 0.3 is 0 Å². The number of guanidine groups is 1. The molecule has 2 aromatic rings. The van der Waals surface area contributed by atoms with Crippen molar-refractivity contribution in [1.82, 2.24) is 10.6 Å². The number of ether oxygens (including phenoxy) is 1. The van der Waals surface area contributed by atoms with Gasteiger partial charge in [0.2, 0.25) is 0 Å². The van der Waals surface area contributed by atoms with Crippen LogP contribution in [0.25, 0.3) is 0 Å². The van der Waals surface area contributed by atoms with Gasteiger partial charge in [-0.25, -0.2) is 0 Å². The fraction of sp³-hybridized carbons (Fsp3) is 0.409. The van der Waals surface area contributed by atoms with E-state index in [4.69, 9.17) is 4.74 Å². The molecule has 27 heavy (non-hydrogen) atoms. The summed E-state index contributed by atoms with van der Waals surface area (Å²) in [4.78, 5) is 4.34. The van der Waals surface area contributed by atoms with Gasteiger partial charge in [0, 0.05) is 31.6 Å². The van der Waals surface area contributed by atoms with E-state index in [-0.39, 0.29) is 11.2 Å². The molecule has 3 rings (SSSR count). The third kappa shape index (κ3) is 4.54. The summed E-state index contributed by atoms with van der Waals surface area (Å²) in [6.07, 6.45) is 4.40. The second-order valence-electron chi connectivity index (χ2n) is 7.10. The Morgan fingerprint density at radius 1 is 1.15 bits per heavy atom. The molecule has 0 atom stereocenters. The molecule has 0 bridgehead atoms. The lowest BCUT2D eigenvalue weighted by Crippen LogP contribution is -2.49. The molecule has 0 amide bonds. The number of nitrogens with zero attached hydrogens (tertiary/aromatic N) is 1. The molecule has 0 spiro atoms. The average molecular weight is 367 g/mol. The van der Waals surface area contributed by atoms with Gasteiger partial charge in [-0.2, -0.15) is 0 Å². The van der Waals surface area contributed by atoms with E-state index in [0.717, 1.165) is 18.1 Å². The molecule has 1 saturated carbocycles. The van der Waals surface area contributed by atoms with Crippen molar-refractivity contribution < 1.29 is 9.84 Å². The van der Waals surface area contributed by atoms with Gasteiger partial charge in [0.1, 0.15) is 11.5 Å². The summed E-state index contributed by atoms with van der Waals surface area (Å²) in [6, 6.07) is 16.1. The quantitative estimate of drug-likeness (QED) is 0.519. The van der Waals surface area contributed by atoms with Gasteiger partial charge in [-0.15, -0.1) is 0 Å². The Kier molecular flexibility index (Phi) is 6.22. The highest BCUT2D eigenvalue weighted by Gasteiger charge is 2.38. The Hall–Kier alpha value is -2.69. The number of benzene rings is 2. The highest BCUT2D eigenvalue weighted by atomic mass is 16.5. The van der Waals surface area contributed by atoms with Crippen molar-refractivity contribution in [3.63, 3.8) is 0 Å². The minimum atomic E-state index is 0.215. The predicted molar refractivity (Wildman–Crippen MR) is 110 cm³/mol. The van der Waals surface area contributed by atoms with E-state index in [1.807, 2.05) is 12.1 Å². The molecule has 0 aliphatic heterocycles. The van der Waals surface area contributed by atoms with Crippen LogP contribution in [-0.4, -0.2) is 38.3 Å². The predicted octanol–water partition coefficient (Wildman–Crippen LogP) is 3.23. The van der Waals surface area contributed by atoms with Crippen LogP contribution in [0.5, 0.6) is 11.5 Å². The van der Waals surface area contributed by atoms with Crippen LogP contribution in [0.4, 0.5) is 0 Å². The Morgan fingerprint density at radius 3 is 2.52 bits per heavy atom. The van der Waals surface area contributed by atoms with Crippen molar-refractivity contribution in [2.75, 3.05) is 27.2 Å². The van der Waals surface area contributed by atoms with Crippen molar-refractivity contribution in [1.29, 1.82) is 0 Å². The number of phenolic OH excluding ortho intramolecular Hbond substituents is 1. The van der Waals surface area contributed by atoms with Crippen molar-refractivity contribution >= 4 is 5.96 Å². The van der Waals surface area contributed by atoms with Crippen molar-refractivity contribution in [2.45, 2.75) is 31.1 Å². The maximum absolute atomic E-state index is 10.1. The fourth-order valence-electron chi connectivity index (χ4n) is 3.63. The zero-order valence-corrected chi connectivity index (χ0v) is 16.2. The zero-order valence-electron chi connectivity index (χ0n) is 16.2. The number of phenols is 1. The standard InChI is InChI=1S/C22H29N3O2/c1-23-21(24-14-11-17-9-10-19(27-2)15-20(17)26)25-16-22(12-6-13-22)18-7-4-3-5-8-18/h3-5,7-10,15,26H,6,11-14,16H2,1-2H3,(H2,23,24,25). The smallest absolute Gasteiger partial charge is 0.191 e. The lowest BCUT2D eigenvalue weighted by molar-refractivity contribution is 0.244. The van der Waals surface area contributed by atoms with Crippen LogP contribution in [0.2, 0.25) is 0 Å². The largest absolute Gasteiger partial charge is 0.508 e. The Balaban J connectivity index is 1.51. The molecule has 1 aliphatic carbocycles. The summed E-state index contributed by atoms with van der Waals surface area (Å²) < 4.78 is 5.12. The minimum absolute atomic E-state index is 0.215. The molecule has 2 aromatic carbocycles. The molecule has 0 heterocycles. The number of methoxy groups -OCH3 is 1. The number of hydrogen-bond donors (Lipinski definition) is 3. The minimum Gasteiger partial charge on any atom is -0.508 e. The van der Waals surface area contributed by atoms with Crippen molar-refractivity contribution in [3.05, 3.63) is 59.7 Å². The van der Waals surface area contributed by atoms with E-state index >= 15 is 0 Å².